The Morgan fingerprint density at radius 1 is 1.47 bits per heavy atom. The average molecular weight is 254 g/mol. The topological polar surface area (TPSA) is 51.2 Å². The summed E-state index contributed by atoms with van der Waals surface area (Å²) >= 11 is 1.32. The Morgan fingerprint density at radius 2 is 2.06 bits per heavy atom. The summed E-state index contributed by atoms with van der Waals surface area (Å²) in [5.41, 5.74) is 1.84. The number of hydrogen-bond acceptors (Lipinski definition) is 4. The molecule has 1 N–H and O–H groups in total. The Labute approximate surface area is 106 Å². The molecule has 0 aromatic carbocycles. The van der Waals surface area contributed by atoms with Crippen LogP contribution in [0, 0.1) is 6.92 Å². The van der Waals surface area contributed by atoms with Crippen molar-refractivity contribution in [2.24, 2.45) is 0 Å². The molecule has 0 unspecified atom stereocenters. The lowest BCUT2D eigenvalue weighted by molar-refractivity contribution is 0.0636. The first kappa shape index (κ1) is 13.7. The van der Waals surface area contributed by atoms with Crippen molar-refractivity contribution in [1.29, 1.82) is 0 Å². The average Bonchev–Trinajstić information content (AvgIpc) is 2.44. The number of ether oxygens (including phenoxy) is 1. The second-order valence-electron chi connectivity index (χ2n) is 4.88. The number of aryl methyl sites for hydroxylation is 1. The van der Waals surface area contributed by atoms with Crippen LogP contribution in [0.3, 0.4) is 0 Å². The van der Waals surface area contributed by atoms with E-state index in [0.29, 0.717) is 5.69 Å². The fraction of sp³-hybridized carbons (Fsp3) is 0.500. The lowest BCUT2D eigenvalue weighted by atomic mass is 10.2. The van der Waals surface area contributed by atoms with Crippen molar-refractivity contribution >= 4 is 28.9 Å². The highest BCUT2D eigenvalue weighted by Gasteiger charge is 2.19. The maximum Gasteiger partial charge on any atom is 0.412 e. The van der Waals surface area contributed by atoms with Crippen LogP contribution in [0.5, 0.6) is 0 Å². The van der Waals surface area contributed by atoms with Crippen molar-refractivity contribution in [3.8, 4) is 0 Å². The van der Waals surface area contributed by atoms with E-state index in [4.69, 9.17) is 4.74 Å². The second-order valence-corrected chi connectivity index (χ2v) is 5.65. The Bertz CT molecular complexity index is 444. The molecule has 0 aliphatic rings. The van der Waals surface area contributed by atoms with E-state index in [9.17, 15) is 4.79 Å². The quantitative estimate of drug-likeness (QED) is 0.872. The molecule has 0 spiro atoms. The Hall–Kier alpha value is -1.36. The highest BCUT2D eigenvalue weighted by atomic mass is 32.1. The van der Waals surface area contributed by atoms with Crippen molar-refractivity contribution in [3.63, 3.8) is 0 Å². The van der Waals surface area contributed by atoms with Gasteiger partial charge in [0.1, 0.15) is 5.60 Å². The maximum atomic E-state index is 11.7. The smallest absolute Gasteiger partial charge is 0.412 e. The van der Waals surface area contributed by atoms with Gasteiger partial charge in [-0.2, -0.15) is 4.37 Å². The molecule has 1 rings (SSSR count). The highest BCUT2D eigenvalue weighted by molar-refractivity contribution is 7.07. The van der Waals surface area contributed by atoms with Crippen LogP contribution in [-0.2, 0) is 4.74 Å². The number of nitrogens with one attached hydrogen (secondary N) is 1. The van der Waals surface area contributed by atoms with E-state index in [2.05, 4.69) is 16.3 Å². The number of aromatic nitrogens is 1. The minimum atomic E-state index is -0.509. The normalized spacial score (nSPS) is 11.1. The highest BCUT2D eigenvalue weighted by Crippen LogP contribution is 2.30. The number of anilines is 1. The van der Waals surface area contributed by atoms with Gasteiger partial charge < -0.3 is 4.74 Å². The van der Waals surface area contributed by atoms with Crippen LogP contribution in [0.25, 0.3) is 5.57 Å². The zero-order valence-corrected chi connectivity index (χ0v) is 11.7. The third-order valence-corrected chi connectivity index (χ3v) is 2.98. The SMILES string of the molecule is C=C(C)c1snc(C)c1NC(=O)OC(C)(C)C. The first-order valence-corrected chi connectivity index (χ1v) is 6.10. The summed E-state index contributed by atoms with van der Waals surface area (Å²) in [6, 6.07) is 0. The summed E-state index contributed by atoms with van der Waals surface area (Å²) in [6.45, 7) is 13.1. The second kappa shape index (κ2) is 4.87. The van der Waals surface area contributed by atoms with Gasteiger partial charge in [-0.25, -0.2) is 4.79 Å². The Kier molecular flexibility index (Phi) is 3.93. The van der Waals surface area contributed by atoms with Gasteiger partial charge in [-0.15, -0.1) is 0 Å². The van der Waals surface area contributed by atoms with E-state index in [1.165, 1.54) is 11.5 Å². The molecule has 17 heavy (non-hydrogen) atoms. The van der Waals surface area contributed by atoms with E-state index < -0.39 is 11.7 Å². The summed E-state index contributed by atoms with van der Waals surface area (Å²) in [5.74, 6) is 0. The van der Waals surface area contributed by atoms with Gasteiger partial charge in [0.05, 0.1) is 16.3 Å². The summed E-state index contributed by atoms with van der Waals surface area (Å²) in [7, 11) is 0. The molecule has 0 atom stereocenters. The predicted octanol–water partition coefficient (Wildman–Crippen LogP) is 3.83. The van der Waals surface area contributed by atoms with E-state index in [1.807, 2.05) is 34.6 Å². The van der Waals surface area contributed by atoms with E-state index in [1.54, 1.807) is 0 Å². The van der Waals surface area contributed by atoms with Crippen LogP contribution in [0.15, 0.2) is 6.58 Å². The van der Waals surface area contributed by atoms with Crippen molar-refractivity contribution < 1.29 is 9.53 Å². The summed E-state index contributed by atoms with van der Waals surface area (Å²) in [5, 5.41) is 2.72. The lowest BCUT2D eigenvalue weighted by Gasteiger charge is -2.19. The summed E-state index contributed by atoms with van der Waals surface area (Å²) < 4.78 is 9.40. The molecule has 0 radical (unpaired) electrons. The summed E-state index contributed by atoms with van der Waals surface area (Å²) in [4.78, 5) is 12.5. The zero-order chi connectivity index (χ0) is 13.2. The van der Waals surface area contributed by atoms with Crippen LogP contribution >= 0.6 is 11.5 Å². The number of carbonyl (C=O) groups excluding carboxylic acids is 1. The van der Waals surface area contributed by atoms with Gasteiger partial charge in [-0.1, -0.05) is 6.58 Å². The van der Waals surface area contributed by atoms with Gasteiger partial charge in [-0.05, 0) is 51.7 Å². The van der Waals surface area contributed by atoms with Gasteiger partial charge in [-0.3, -0.25) is 5.32 Å². The van der Waals surface area contributed by atoms with E-state index in [0.717, 1.165) is 16.1 Å². The molecule has 1 aromatic rings. The van der Waals surface area contributed by atoms with Gasteiger partial charge in [0.25, 0.3) is 0 Å². The van der Waals surface area contributed by atoms with E-state index in [-0.39, 0.29) is 0 Å². The Morgan fingerprint density at radius 3 is 2.53 bits per heavy atom. The molecule has 0 saturated heterocycles. The van der Waals surface area contributed by atoms with Crippen molar-refractivity contribution in [1.82, 2.24) is 4.37 Å². The van der Waals surface area contributed by atoms with Crippen molar-refractivity contribution in [2.75, 3.05) is 5.32 Å². The molecule has 0 aliphatic heterocycles. The number of allylic oxidation sites excluding steroid dienone is 1. The standard InChI is InChI=1S/C12H18N2O2S/c1-7(2)10-9(8(3)14-17-10)13-11(15)16-12(4,5)6/h1H2,2-6H3,(H,13,15). The molecule has 0 bridgehead atoms. The fourth-order valence-electron chi connectivity index (χ4n) is 1.21. The number of hydrogen-bond donors (Lipinski definition) is 1. The van der Waals surface area contributed by atoms with Crippen LogP contribution in [0.2, 0.25) is 0 Å². The molecule has 0 aliphatic carbocycles. The zero-order valence-electron chi connectivity index (χ0n) is 10.9. The first-order valence-electron chi connectivity index (χ1n) is 5.33. The van der Waals surface area contributed by atoms with Crippen LogP contribution in [0.1, 0.15) is 38.3 Å². The van der Waals surface area contributed by atoms with Gasteiger partial charge in [0, 0.05) is 0 Å². The molecular weight excluding hydrogens is 236 g/mol. The van der Waals surface area contributed by atoms with Gasteiger partial charge in [0.2, 0.25) is 0 Å². The van der Waals surface area contributed by atoms with E-state index >= 15 is 0 Å². The molecule has 1 amide bonds. The van der Waals surface area contributed by atoms with Crippen LogP contribution in [-0.4, -0.2) is 16.1 Å². The third kappa shape index (κ3) is 3.85. The summed E-state index contributed by atoms with van der Waals surface area (Å²) in [6.07, 6.45) is -0.469. The molecule has 4 nitrogen and oxygen atoms in total. The molecule has 94 valence electrons. The largest absolute Gasteiger partial charge is 0.444 e. The van der Waals surface area contributed by atoms with Crippen molar-refractivity contribution in [3.05, 3.63) is 17.2 Å². The van der Waals surface area contributed by atoms with Crippen LogP contribution < -0.4 is 5.32 Å². The first-order chi connectivity index (χ1) is 7.70. The fourth-order valence-corrected chi connectivity index (χ4v) is 1.98. The number of rotatable bonds is 2. The molecule has 5 heteroatoms. The van der Waals surface area contributed by atoms with Gasteiger partial charge in [0.15, 0.2) is 0 Å². The molecule has 0 fully saturated rings. The van der Waals surface area contributed by atoms with Crippen LogP contribution in [0.4, 0.5) is 10.5 Å². The number of carbonyl (C=O) groups is 1. The number of amides is 1. The minimum Gasteiger partial charge on any atom is -0.444 e. The third-order valence-electron chi connectivity index (χ3n) is 1.88. The molecular formula is C12H18N2O2S. The molecule has 1 heterocycles. The molecule has 1 aromatic heterocycles. The Balaban J connectivity index is 2.85. The van der Waals surface area contributed by atoms with Gasteiger partial charge >= 0.3 is 6.09 Å². The maximum absolute atomic E-state index is 11.7. The molecule has 0 saturated carbocycles. The lowest BCUT2D eigenvalue weighted by Crippen LogP contribution is -2.27. The number of nitrogens with zero attached hydrogens (tertiary/aromatic N) is 1. The monoisotopic (exact) mass is 254 g/mol. The minimum absolute atomic E-state index is 0.469. The van der Waals surface area contributed by atoms with Crippen molar-refractivity contribution in [2.45, 2.75) is 40.2 Å². The predicted molar refractivity (Wildman–Crippen MR) is 71.4 cm³/mol.